The molecular weight excluding hydrogens is 476 g/mol. The molecule has 0 fully saturated rings. The van der Waals surface area contributed by atoms with Crippen LogP contribution in [-0.4, -0.2) is 34.0 Å². The van der Waals surface area contributed by atoms with Crippen molar-refractivity contribution < 1.29 is 35.5 Å². The lowest BCUT2D eigenvalue weighted by Gasteiger charge is -2.25. The van der Waals surface area contributed by atoms with Gasteiger partial charge in [0, 0.05) is 0 Å². The number of carbonyl (C=O) groups excluding carboxylic acids is 1. The molecule has 0 aliphatic heterocycles. The van der Waals surface area contributed by atoms with E-state index in [1.165, 1.54) is 54.6 Å². The second-order valence-electron chi connectivity index (χ2n) is 7.03. The van der Waals surface area contributed by atoms with Crippen LogP contribution in [0.15, 0.2) is 83.8 Å². The minimum atomic E-state index is -4.70. The minimum absolute atomic E-state index is 0.00632. The van der Waals surface area contributed by atoms with Gasteiger partial charge in [-0.05, 0) is 54.6 Å². The van der Waals surface area contributed by atoms with Gasteiger partial charge in [0.1, 0.15) is 24.7 Å². The van der Waals surface area contributed by atoms with Crippen molar-refractivity contribution in [3.8, 4) is 5.75 Å². The number of halogens is 4. The van der Waals surface area contributed by atoms with Crippen molar-refractivity contribution >= 4 is 21.6 Å². The van der Waals surface area contributed by atoms with E-state index in [0.29, 0.717) is 16.1 Å². The zero-order valence-corrected chi connectivity index (χ0v) is 18.4. The Morgan fingerprint density at radius 3 is 2.26 bits per heavy atom. The Bertz CT molecular complexity index is 1220. The first-order valence-electron chi connectivity index (χ1n) is 9.97. The molecule has 0 saturated heterocycles. The number of benzene rings is 3. The number of alkyl halides is 3. The van der Waals surface area contributed by atoms with E-state index in [-0.39, 0.29) is 23.7 Å². The normalized spacial score (nSPS) is 11.6. The summed E-state index contributed by atoms with van der Waals surface area (Å²) in [6.07, 6.45) is -4.70. The van der Waals surface area contributed by atoms with Gasteiger partial charge in [-0.15, -0.1) is 0 Å². The highest BCUT2D eigenvalue weighted by Crippen LogP contribution is 2.33. The maximum atomic E-state index is 13.2. The second-order valence-corrected chi connectivity index (χ2v) is 8.89. The third kappa shape index (κ3) is 6.47. The summed E-state index contributed by atoms with van der Waals surface area (Å²) in [6.45, 7) is -0.764. The van der Waals surface area contributed by atoms with E-state index in [9.17, 15) is 30.8 Å². The Balaban J connectivity index is 1.76. The van der Waals surface area contributed by atoms with E-state index in [1.54, 1.807) is 6.07 Å². The first-order valence-corrected chi connectivity index (χ1v) is 11.4. The van der Waals surface area contributed by atoms with Crippen LogP contribution in [0.1, 0.15) is 5.56 Å². The fraction of sp³-hybridized carbons (Fsp3) is 0.174. The molecule has 0 atom stereocenters. The molecule has 1 N–H and O–H groups in total. The van der Waals surface area contributed by atoms with E-state index < -0.39 is 40.0 Å². The molecule has 0 saturated carbocycles. The summed E-state index contributed by atoms with van der Waals surface area (Å²) in [5.41, 5.74) is -1.36. The van der Waals surface area contributed by atoms with E-state index >= 15 is 0 Å². The van der Waals surface area contributed by atoms with Crippen LogP contribution in [0.4, 0.5) is 23.2 Å². The lowest BCUT2D eigenvalue weighted by molar-refractivity contribution is -0.137. The van der Waals surface area contributed by atoms with E-state index in [1.807, 2.05) is 0 Å². The second kappa shape index (κ2) is 10.6. The van der Waals surface area contributed by atoms with E-state index in [0.717, 1.165) is 12.1 Å². The van der Waals surface area contributed by atoms with Gasteiger partial charge in [0.15, 0.2) is 0 Å². The minimum Gasteiger partial charge on any atom is -0.492 e. The summed E-state index contributed by atoms with van der Waals surface area (Å²) in [4.78, 5) is 12.3. The molecule has 3 rings (SSSR count). The fourth-order valence-corrected chi connectivity index (χ4v) is 4.38. The van der Waals surface area contributed by atoms with Crippen LogP contribution in [0.25, 0.3) is 0 Å². The predicted molar refractivity (Wildman–Crippen MR) is 117 cm³/mol. The van der Waals surface area contributed by atoms with Gasteiger partial charge in [0.2, 0.25) is 5.91 Å². The predicted octanol–water partition coefficient (Wildman–Crippen LogP) is 4.24. The van der Waals surface area contributed by atoms with Crippen molar-refractivity contribution in [2.45, 2.75) is 11.1 Å². The Labute approximate surface area is 193 Å². The lowest BCUT2D eigenvalue weighted by Crippen LogP contribution is -2.42. The van der Waals surface area contributed by atoms with Crippen molar-refractivity contribution in [1.82, 2.24) is 5.32 Å². The van der Waals surface area contributed by atoms with Gasteiger partial charge in [0.25, 0.3) is 10.0 Å². The Hall–Kier alpha value is -3.60. The summed E-state index contributed by atoms with van der Waals surface area (Å²) in [5, 5.41) is 2.47. The van der Waals surface area contributed by atoms with Crippen molar-refractivity contribution in [2.75, 3.05) is 24.0 Å². The Kier molecular flexibility index (Phi) is 7.77. The van der Waals surface area contributed by atoms with Gasteiger partial charge >= 0.3 is 6.18 Å². The largest absolute Gasteiger partial charge is 0.492 e. The van der Waals surface area contributed by atoms with Crippen molar-refractivity contribution in [3.63, 3.8) is 0 Å². The van der Waals surface area contributed by atoms with Gasteiger partial charge in [0.05, 0.1) is 22.7 Å². The molecule has 0 spiro atoms. The van der Waals surface area contributed by atoms with E-state index in [2.05, 4.69) is 5.32 Å². The molecule has 1 amide bonds. The standard InChI is InChI=1S/C23H20F4N2O4S/c24-18-9-11-20(12-10-18)33-14-13-28-22(30)16-29(34(31,32)21-7-2-1-3-8-21)19-6-4-5-17(15-19)23(25,26)27/h1-12,15H,13-14,16H2,(H,28,30). The molecule has 0 aromatic heterocycles. The average Bonchev–Trinajstić information content (AvgIpc) is 2.81. The third-order valence-electron chi connectivity index (χ3n) is 4.59. The summed E-state index contributed by atoms with van der Waals surface area (Å²) in [7, 11) is -4.35. The number of amides is 1. The number of rotatable bonds is 9. The zero-order chi connectivity index (χ0) is 24.8. The number of carbonyl (C=O) groups is 1. The molecular formula is C23H20F4N2O4S. The summed E-state index contributed by atoms with van der Waals surface area (Å²) < 4.78 is 84.9. The monoisotopic (exact) mass is 496 g/mol. The maximum absolute atomic E-state index is 13.2. The third-order valence-corrected chi connectivity index (χ3v) is 6.37. The first kappa shape index (κ1) is 25.0. The summed E-state index contributed by atoms with van der Waals surface area (Å²) in [5.74, 6) is -0.817. The zero-order valence-electron chi connectivity index (χ0n) is 17.6. The highest BCUT2D eigenvalue weighted by atomic mass is 32.2. The number of hydrogen-bond acceptors (Lipinski definition) is 4. The summed E-state index contributed by atoms with van der Waals surface area (Å²) >= 11 is 0. The van der Waals surface area contributed by atoms with Crippen LogP contribution in [-0.2, 0) is 21.0 Å². The average molecular weight is 496 g/mol. The highest BCUT2D eigenvalue weighted by molar-refractivity contribution is 7.92. The molecule has 34 heavy (non-hydrogen) atoms. The molecule has 0 heterocycles. The first-order chi connectivity index (χ1) is 16.1. The van der Waals surface area contributed by atoms with Gasteiger partial charge in [-0.2, -0.15) is 13.2 Å². The smallest absolute Gasteiger partial charge is 0.416 e. The quantitative estimate of drug-likeness (QED) is 0.355. The molecule has 0 aliphatic carbocycles. The molecule has 0 radical (unpaired) electrons. The van der Waals surface area contributed by atoms with Crippen LogP contribution < -0.4 is 14.4 Å². The fourth-order valence-electron chi connectivity index (χ4n) is 2.95. The molecule has 3 aromatic rings. The number of anilines is 1. The lowest BCUT2D eigenvalue weighted by atomic mass is 10.2. The Morgan fingerprint density at radius 2 is 1.62 bits per heavy atom. The van der Waals surface area contributed by atoms with Crippen LogP contribution >= 0.6 is 0 Å². The molecule has 3 aromatic carbocycles. The van der Waals surface area contributed by atoms with Crippen LogP contribution in [0.3, 0.4) is 0 Å². The molecule has 11 heteroatoms. The van der Waals surface area contributed by atoms with Gasteiger partial charge in [-0.25, -0.2) is 12.8 Å². The maximum Gasteiger partial charge on any atom is 0.416 e. The van der Waals surface area contributed by atoms with Gasteiger partial charge < -0.3 is 10.1 Å². The summed E-state index contributed by atoms with van der Waals surface area (Å²) in [6, 6.07) is 16.0. The highest BCUT2D eigenvalue weighted by Gasteiger charge is 2.33. The SMILES string of the molecule is O=C(CN(c1cccc(C(F)(F)F)c1)S(=O)(=O)c1ccccc1)NCCOc1ccc(F)cc1. The molecule has 6 nitrogen and oxygen atoms in total. The molecule has 0 bridgehead atoms. The number of ether oxygens (including phenoxy) is 1. The van der Waals surface area contributed by atoms with Crippen LogP contribution in [0.2, 0.25) is 0 Å². The van der Waals surface area contributed by atoms with Crippen molar-refractivity contribution in [1.29, 1.82) is 0 Å². The molecule has 180 valence electrons. The van der Waals surface area contributed by atoms with Crippen molar-refractivity contribution in [3.05, 3.63) is 90.2 Å². The number of nitrogens with one attached hydrogen (secondary N) is 1. The number of sulfonamides is 1. The van der Waals surface area contributed by atoms with Crippen LogP contribution in [0, 0.1) is 5.82 Å². The Morgan fingerprint density at radius 1 is 0.941 bits per heavy atom. The molecule has 0 aliphatic rings. The number of hydrogen-bond donors (Lipinski definition) is 1. The van der Waals surface area contributed by atoms with Crippen LogP contribution in [0.5, 0.6) is 5.75 Å². The topological polar surface area (TPSA) is 75.7 Å². The van der Waals surface area contributed by atoms with E-state index in [4.69, 9.17) is 4.74 Å². The van der Waals surface area contributed by atoms with Gasteiger partial charge in [-0.3, -0.25) is 9.10 Å². The van der Waals surface area contributed by atoms with Gasteiger partial charge in [-0.1, -0.05) is 24.3 Å². The molecule has 0 unspecified atom stereocenters. The van der Waals surface area contributed by atoms with Crippen molar-refractivity contribution in [2.24, 2.45) is 0 Å². The number of nitrogens with zero attached hydrogens (tertiary/aromatic N) is 1.